The molecule has 0 saturated carbocycles. The number of anilines is 1. The van der Waals surface area contributed by atoms with Gasteiger partial charge in [-0.1, -0.05) is 6.08 Å². The number of dihydropyridines is 1. The van der Waals surface area contributed by atoms with Crippen LogP contribution in [-0.2, 0) is 0 Å². The Morgan fingerprint density at radius 2 is 2.42 bits per heavy atom. The highest BCUT2D eigenvalue weighted by Crippen LogP contribution is 2.30. The lowest BCUT2D eigenvalue weighted by Gasteiger charge is -2.31. The number of fused-ring (bicyclic) bond motifs is 1. The zero-order chi connectivity index (χ0) is 13.1. The third-order valence-corrected chi connectivity index (χ3v) is 3.15. The molecule has 5 heteroatoms. The standard InChI is InChI=1S/C14H14N4O/c15-8-12-3-4-13-14(17-12)18(6-7-19-13)10-11-2-1-5-16-9-11/h1,3-5,9,16H,2,6-7,10H2. The lowest BCUT2D eigenvalue weighted by atomic mass is 10.1. The number of hydrogen-bond acceptors (Lipinski definition) is 5. The van der Waals surface area contributed by atoms with Gasteiger partial charge in [-0.25, -0.2) is 4.98 Å². The second-order valence-electron chi connectivity index (χ2n) is 4.48. The average Bonchev–Trinajstić information content (AvgIpc) is 2.48. The highest BCUT2D eigenvalue weighted by atomic mass is 16.5. The van der Waals surface area contributed by atoms with E-state index in [1.54, 1.807) is 6.07 Å². The van der Waals surface area contributed by atoms with Gasteiger partial charge in [0, 0.05) is 12.7 Å². The Labute approximate surface area is 111 Å². The molecule has 3 heterocycles. The highest BCUT2D eigenvalue weighted by Gasteiger charge is 2.21. The smallest absolute Gasteiger partial charge is 0.173 e. The van der Waals surface area contributed by atoms with Crippen LogP contribution in [0.25, 0.3) is 0 Å². The van der Waals surface area contributed by atoms with Crippen LogP contribution in [0.3, 0.4) is 0 Å². The molecular formula is C14H14N4O. The number of nitriles is 1. The van der Waals surface area contributed by atoms with E-state index in [1.807, 2.05) is 18.5 Å². The van der Waals surface area contributed by atoms with Crippen molar-refractivity contribution in [3.63, 3.8) is 0 Å². The van der Waals surface area contributed by atoms with Crippen LogP contribution in [0.15, 0.2) is 36.2 Å². The van der Waals surface area contributed by atoms with Crippen molar-refractivity contribution in [3.8, 4) is 11.8 Å². The second kappa shape index (κ2) is 5.02. The Kier molecular flexibility index (Phi) is 3.07. The number of ether oxygens (including phenoxy) is 1. The van der Waals surface area contributed by atoms with Gasteiger partial charge in [-0.15, -0.1) is 0 Å². The van der Waals surface area contributed by atoms with Crippen molar-refractivity contribution in [2.45, 2.75) is 6.42 Å². The van der Waals surface area contributed by atoms with Crippen molar-refractivity contribution in [3.05, 3.63) is 41.9 Å². The summed E-state index contributed by atoms with van der Waals surface area (Å²) in [6.07, 6.45) is 6.99. The number of nitrogens with one attached hydrogen (secondary N) is 1. The van der Waals surface area contributed by atoms with Crippen LogP contribution in [0.4, 0.5) is 5.82 Å². The van der Waals surface area contributed by atoms with Crippen LogP contribution in [0, 0.1) is 11.3 Å². The Hall–Kier alpha value is -2.48. The average molecular weight is 254 g/mol. The van der Waals surface area contributed by atoms with E-state index in [4.69, 9.17) is 10.00 Å². The maximum atomic E-state index is 8.94. The van der Waals surface area contributed by atoms with Gasteiger partial charge >= 0.3 is 0 Å². The molecule has 0 aliphatic carbocycles. The van der Waals surface area contributed by atoms with E-state index in [0.717, 1.165) is 31.1 Å². The maximum absolute atomic E-state index is 8.94. The molecule has 0 spiro atoms. The number of rotatable bonds is 2. The van der Waals surface area contributed by atoms with Gasteiger partial charge in [-0.05, 0) is 30.3 Å². The molecule has 0 unspecified atom stereocenters. The summed E-state index contributed by atoms with van der Waals surface area (Å²) in [5.41, 5.74) is 1.71. The molecular weight excluding hydrogens is 240 g/mol. The number of nitrogens with zero attached hydrogens (tertiary/aromatic N) is 3. The van der Waals surface area contributed by atoms with Crippen LogP contribution < -0.4 is 15.0 Å². The van der Waals surface area contributed by atoms with Crippen LogP contribution in [0.2, 0.25) is 0 Å². The first kappa shape index (κ1) is 11.6. The first-order valence-corrected chi connectivity index (χ1v) is 6.25. The van der Waals surface area contributed by atoms with Crippen LogP contribution in [0.1, 0.15) is 12.1 Å². The monoisotopic (exact) mass is 254 g/mol. The Morgan fingerprint density at radius 3 is 3.21 bits per heavy atom. The molecule has 1 aromatic heterocycles. The minimum atomic E-state index is 0.421. The Balaban J connectivity index is 1.85. The minimum Gasteiger partial charge on any atom is -0.488 e. The number of aromatic nitrogens is 1. The first-order valence-electron chi connectivity index (χ1n) is 6.25. The zero-order valence-corrected chi connectivity index (χ0v) is 10.5. The van der Waals surface area contributed by atoms with Gasteiger partial charge < -0.3 is 15.0 Å². The van der Waals surface area contributed by atoms with Gasteiger partial charge in [-0.2, -0.15) is 5.26 Å². The molecule has 19 heavy (non-hydrogen) atoms. The van der Waals surface area contributed by atoms with E-state index < -0.39 is 0 Å². The molecule has 0 bridgehead atoms. The largest absolute Gasteiger partial charge is 0.488 e. The minimum absolute atomic E-state index is 0.421. The fourth-order valence-corrected chi connectivity index (χ4v) is 2.22. The van der Waals surface area contributed by atoms with Crippen LogP contribution in [-0.4, -0.2) is 24.7 Å². The van der Waals surface area contributed by atoms with Crippen molar-refractivity contribution in [2.24, 2.45) is 0 Å². The lowest BCUT2D eigenvalue weighted by Crippen LogP contribution is -2.35. The summed E-state index contributed by atoms with van der Waals surface area (Å²) in [6, 6.07) is 5.58. The van der Waals surface area contributed by atoms with Crippen LogP contribution >= 0.6 is 0 Å². The summed E-state index contributed by atoms with van der Waals surface area (Å²) in [7, 11) is 0. The van der Waals surface area contributed by atoms with E-state index in [0.29, 0.717) is 12.3 Å². The van der Waals surface area contributed by atoms with Gasteiger partial charge in [0.2, 0.25) is 0 Å². The number of allylic oxidation sites excluding steroid dienone is 1. The Morgan fingerprint density at radius 1 is 1.47 bits per heavy atom. The van der Waals surface area contributed by atoms with Crippen molar-refractivity contribution < 1.29 is 4.74 Å². The Bertz CT molecular complexity index is 586. The molecule has 0 radical (unpaired) electrons. The fraction of sp³-hybridized carbons (Fsp3) is 0.286. The molecule has 0 aromatic carbocycles. The second-order valence-corrected chi connectivity index (χ2v) is 4.48. The summed E-state index contributed by atoms with van der Waals surface area (Å²) in [6.45, 7) is 2.24. The molecule has 1 N–H and O–H groups in total. The summed E-state index contributed by atoms with van der Waals surface area (Å²) in [5.74, 6) is 1.52. The van der Waals surface area contributed by atoms with E-state index in [1.165, 1.54) is 5.57 Å². The van der Waals surface area contributed by atoms with Gasteiger partial charge in [0.25, 0.3) is 0 Å². The van der Waals surface area contributed by atoms with Crippen molar-refractivity contribution in [1.29, 1.82) is 5.26 Å². The summed E-state index contributed by atoms with van der Waals surface area (Å²) < 4.78 is 5.58. The molecule has 1 aromatic rings. The first-order chi connectivity index (χ1) is 9.36. The SMILES string of the molecule is N#Cc1ccc2c(n1)N(CC1=CNC=CC1)CCO2. The number of hydrogen-bond donors (Lipinski definition) is 1. The maximum Gasteiger partial charge on any atom is 0.173 e. The van der Waals surface area contributed by atoms with Crippen molar-refractivity contribution in [1.82, 2.24) is 10.3 Å². The van der Waals surface area contributed by atoms with Gasteiger partial charge in [0.15, 0.2) is 11.6 Å². The van der Waals surface area contributed by atoms with E-state index in [2.05, 4.69) is 27.3 Å². The quantitative estimate of drug-likeness (QED) is 0.867. The van der Waals surface area contributed by atoms with Crippen LogP contribution in [0.5, 0.6) is 5.75 Å². The molecule has 0 amide bonds. The van der Waals surface area contributed by atoms with Crippen molar-refractivity contribution in [2.75, 3.05) is 24.6 Å². The predicted octanol–water partition coefficient (Wildman–Crippen LogP) is 1.54. The van der Waals surface area contributed by atoms with Gasteiger partial charge in [0.05, 0.1) is 6.54 Å². The highest BCUT2D eigenvalue weighted by molar-refractivity contribution is 5.56. The molecule has 3 rings (SSSR count). The normalized spacial score (nSPS) is 16.8. The summed E-state index contributed by atoms with van der Waals surface area (Å²) in [5, 5.41) is 12.0. The molecule has 96 valence electrons. The molecule has 0 fully saturated rings. The molecule has 0 saturated heterocycles. The lowest BCUT2D eigenvalue weighted by molar-refractivity contribution is 0.306. The molecule has 5 nitrogen and oxygen atoms in total. The van der Waals surface area contributed by atoms with E-state index in [9.17, 15) is 0 Å². The molecule has 0 atom stereocenters. The van der Waals surface area contributed by atoms with Gasteiger partial charge in [-0.3, -0.25) is 0 Å². The van der Waals surface area contributed by atoms with Gasteiger partial charge in [0.1, 0.15) is 18.4 Å². The molecule has 2 aliphatic heterocycles. The van der Waals surface area contributed by atoms with Crippen molar-refractivity contribution >= 4 is 5.82 Å². The molecule has 2 aliphatic rings. The summed E-state index contributed by atoms with van der Waals surface area (Å²) in [4.78, 5) is 6.51. The topological polar surface area (TPSA) is 61.2 Å². The summed E-state index contributed by atoms with van der Waals surface area (Å²) >= 11 is 0. The zero-order valence-electron chi connectivity index (χ0n) is 10.5. The predicted molar refractivity (Wildman–Crippen MR) is 71.6 cm³/mol. The third kappa shape index (κ3) is 2.38. The van der Waals surface area contributed by atoms with E-state index >= 15 is 0 Å². The van der Waals surface area contributed by atoms with E-state index in [-0.39, 0.29) is 0 Å². The fourth-order valence-electron chi connectivity index (χ4n) is 2.22. The number of pyridine rings is 1. The third-order valence-electron chi connectivity index (χ3n) is 3.15.